The third kappa shape index (κ3) is 2.25. The molecule has 1 saturated heterocycles. The van der Waals surface area contributed by atoms with Crippen molar-refractivity contribution in [3.05, 3.63) is 30.1 Å². The van der Waals surface area contributed by atoms with Gasteiger partial charge in [0, 0.05) is 10.9 Å². The van der Waals surface area contributed by atoms with Gasteiger partial charge in [-0.25, -0.2) is 4.39 Å². The number of rotatable bonds is 1. The van der Waals surface area contributed by atoms with Gasteiger partial charge in [-0.1, -0.05) is 0 Å². The highest BCUT2D eigenvalue weighted by atomic mass is 32.2. The van der Waals surface area contributed by atoms with Crippen LogP contribution in [0.25, 0.3) is 0 Å². The van der Waals surface area contributed by atoms with Gasteiger partial charge in [0.05, 0.1) is 0 Å². The average Bonchev–Trinajstić information content (AvgIpc) is 2.20. The Hall–Kier alpha value is -0.500. The van der Waals surface area contributed by atoms with E-state index in [1.807, 2.05) is 12.1 Å². The maximum absolute atomic E-state index is 12.7. The standard InChI is InChI=1S/C11H14FS/c12-10-4-6-11(7-5-10)13-8-2-1-3-9-13/h4-7H,1-3,8-9H2/q+1. The van der Waals surface area contributed by atoms with Crippen molar-refractivity contribution in [3.8, 4) is 0 Å². The first-order valence-electron chi connectivity index (χ1n) is 4.79. The summed E-state index contributed by atoms with van der Waals surface area (Å²) in [6.45, 7) is 0. The Morgan fingerprint density at radius 3 is 2.15 bits per heavy atom. The van der Waals surface area contributed by atoms with Crippen LogP contribution in [0.3, 0.4) is 0 Å². The maximum Gasteiger partial charge on any atom is 0.155 e. The molecule has 1 fully saturated rings. The molecule has 2 heteroatoms. The van der Waals surface area contributed by atoms with Crippen molar-refractivity contribution < 1.29 is 4.39 Å². The lowest BCUT2D eigenvalue weighted by Crippen LogP contribution is -2.17. The zero-order chi connectivity index (χ0) is 9.10. The lowest BCUT2D eigenvalue weighted by Gasteiger charge is -2.12. The molecule has 0 saturated carbocycles. The second-order valence-corrected chi connectivity index (χ2v) is 5.69. The molecule has 0 aliphatic carbocycles. The van der Waals surface area contributed by atoms with E-state index >= 15 is 0 Å². The summed E-state index contributed by atoms with van der Waals surface area (Å²) in [6.07, 6.45) is 4.08. The molecule has 0 unspecified atom stereocenters. The molecule has 1 aliphatic heterocycles. The van der Waals surface area contributed by atoms with E-state index in [1.54, 1.807) is 12.1 Å². The summed E-state index contributed by atoms with van der Waals surface area (Å²) in [6, 6.07) is 7.06. The fourth-order valence-electron chi connectivity index (χ4n) is 1.69. The van der Waals surface area contributed by atoms with Gasteiger partial charge in [-0.05, 0) is 43.5 Å². The third-order valence-corrected chi connectivity index (χ3v) is 4.93. The van der Waals surface area contributed by atoms with Crippen molar-refractivity contribution >= 4 is 10.9 Å². The van der Waals surface area contributed by atoms with Crippen LogP contribution in [0, 0.1) is 5.82 Å². The Balaban J connectivity index is 2.10. The molecule has 2 rings (SSSR count). The Labute approximate surface area is 81.5 Å². The first-order chi connectivity index (χ1) is 6.36. The largest absolute Gasteiger partial charge is 0.207 e. The Morgan fingerprint density at radius 2 is 1.54 bits per heavy atom. The van der Waals surface area contributed by atoms with Crippen molar-refractivity contribution in [2.75, 3.05) is 11.5 Å². The second kappa shape index (κ2) is 4.14. The molecule has 0 amide bonds. The van der Waals surface area contributed by atoms with Crippen molar-refractivity contribution in [3.63, 3.8) is 0 Å². The molecule has 1 aromatic carbocycles. The SMILES string of the molecule is Fc1ccc([S+]2CCCCC2)cc1. The van der Waals surface area contributed by atoms with E-state index in [0.717, 1.165) is 0 Å². The summed E-state index contributed by atoms with van der Waals surface area (Å²) in [5, 5.41) is 0. The molecule has 0 N–H and O–H groups in total. The molecule has 13 heavy (non-hydrogen) atoms. The average molecular weight is 197 g/mol. The van der Waals surface area contributed by atoms with Gasteiger partial charge in [-0.2, -0.15) is 0 Å². The molecule has 1 heterocycles. The van der Waals surface area contributed by atoms with Gasteiger partial charge in [-0.3, -0.25) is 0 Å². The zero-order valence-electron chi connectivity index (χ0n) is 7.63. The number of halogens is 1. The van der Waals surface area contributed by atoms with Crippen LogP contribution in [-0.4, -0.2) is 11.5 Å². The zero-order valence-corrected chi connectivity index (χ0v) is 8.45. The normalized spacial score (nSPS) is 18.8. The van der Waals surface area contributed by atoms with E-state index in [9.17, 15) is 4.39 Å². The van der Waals surface area contributed by atoms with Gasteiger partial charge in [0.2, 0.25) is 0 Å². The highest BCUT2D eigenvalue weighted by molar-refractivity contribution is 7.96. The van der Waals surface area contributed by atoms with Crippen molar-refractivity contribution in [2.45, 2.75) is 24.2 Å². The van der Waals surface area contributed by atoms with E-state index in [4.69, 9.17) is 0 Å². The van der Waals surface area contributed by atoms with Crippen LogP contribution < -0.4 is 0 Å². The smallest absolute Gasteiger partial charge is 0.155 e. The van der Waals surface area contributed by atoms with Crippen molar-refractivity contribution in [1.29, 1.82) is 0 Å². The summed E-state index contributed by atoms with van der Waals surface area (Å²) in [4.78, 5) is 1.35. The van der Waals surface area contributed by atoms with Gasteiger partial charge < -0.3 is 0 Å². The fourth-order valence-corrected chi connectivity index (χ4v) is 4.00. The lowest BCUT2D eigenvalue weighted by molar-refractivity contribution is 0.626. The van der Waals surface area contributed by atoms with Gasteiger partial charge >= 0.3 is 0 Å². The number of hydrogen-bond donors (Lipinski definition) is 0. The Morgan fingerprint density at radius 1 is 0.923 bits per heavy atom. The van der Waals surface area contributed by atoms with Crippen LogP contribution in [0.2, 0.25) is 0 Å². The molecule has 70 valence electrons. The minimum Gasteiger partial charge on any atom is -0.207 e. The third-order valence-electron chi connectivity index (χ3n) is 2.43. The summed E-state index contributed by atoms with van der Waals surface area (Å²) < 4.78 is 12.7. The lowest BCUT2D eigenvalue weighted by atomic mass is 10.3. The molecule has 0 atom stereocenters. The fraction of sp³-hybridized carbons (Fsp3) is 0.455. The molecule has 1 aromatic rings. The molecule has 1 aliphatic rings. The van der Waals surface area contributed by atoms with E-state index in [-0.39, 0.29) is 5.82 Å². The van der Waals surface area contributed by atoms with Crippen molar-refractivity contribution in [1.82, 2.24) is 0 Å². The molecular formula is C11H14FS+. The van der Waals surface area contributed by atoms with Crippen molar-refractivity contribution in [2.24, 2.45) is 0 Å². The molecule has 0 bridgehead atoms. The minimum absolute atomic E-state index is 0.121. The van der Waals surface area contributed by atoms with E-state index in [1.165, 1.54) is 35.7 Å². The van der Waals surface area contributed by atoms with Gasteiger partial charge in [0.15, 0.2) is 4.90 Å². The monoisotopic (exact) mass is 197 g/mol. The molecule has 0 aromatic heterocycles. The first-order valence-corrected chi connectivity index (χ1v) is 6.35. The Kier molecular flexibility index (Phi) is 2.89. The number of benzene rings is 1. The van der Waals surface area contributed by atoms with Crippen LogP contribution in [0.15, 0.2) is 29.2 Å². The number of hydrogen-bond acceptors (Lipinski definition) is 0. The summed E-state index contributed by atoms with van der Waals surface area (Å²) in [5.74, 6) is 2.50. The topological polar surface area (TPSA) is 0 Å². The van der Waals surface area contributed by atoms with Crippen LogP contribution in [0.5, 0.6) is 0 Å². The predicted molar refractivity (Wildman–Crippen MR) is 55.6 cm³/mol. The Bertz CT molecular complexity index is 262. The van der Waals surface area contributed by atoms with E-state index in [2.05, 4.69) is 0 Å². The molecular weight excluding hydrogens is 183 g/mol. The first kappa shape index (κ1) is 9.07. The van der Waals surface area contributed by atoms with Gasteiger partial charge in [-0.15, -0.1) is 0 Å². The molecule has 0 radical (unpaired) electrons. The maximum atomic E-state index is 12.7. The van der Waals surface area contributed by atoms with Gasteiger partial charge in [0.25, 0.3) is 0 Å². The minimum atomic E-state index is -0.121. The predicted octanol–water partition coefficient (Wildman–Crippen LogP) is 2.99. The van der Waals surface area contributed by atoms with Crippen LogP contribution in [-0.2, 0) is 10.9 Å². The quantitative estimate of drug-likeness (QED) is 0.607. The molecule has 0 spiro atoms. The highest BCUT2D eigenvalue weighted by Crippen LogP contribution is 2.22. The van der Waals surface area contributed by atoms with Crippen LogP contribution >= 0.6 is 0 Å². The van der Waals surface area contributed by atoms with Gasteiger partial charge in [0.1, 0.15) is 17.3 Å². The summed E-state index contributed by atoms with van der Waals surface area (Å²) >= 11 is 0. The van der Waals surface area contributed by atoms with E-state index < -0.39 is 0 Å². The highest BCUT2D eigenvalue weighted by Gasteiger charge is 2.24. The molecule has 0 nitrogen and oxygen atoms in total. The second-order valence-electron chi connectivity index (χ2n) is 3.42. The summed E-state index contributed by atoms with van der Waals surface area (Å²) in [5.41, 5.74) is 0. The van der Waals surface area contributed by atoms with E-state index in [0.29, 0.717) is 10.9 Å². The van der Waals surface area contributed by atoms with Crippen LogP contribution in [0.4, 0.5) is 4.39 Å². The summed E-state index contributed by atoms with van der Waals surface area (Å²) in [7, 11) is 0.417. The van der Waals surface area contributed by atoms with Crippen LogP contribution in [0.1, 0.15) is 19.3 Å².